The fourth-order valence-corrected chi connectivity index (χ4v) is 2.41. The Labute approximate surface area is 137 Å². The lowest BCUT2D eigenvalue weighted by Gasteiger charge is -2.00. The molecule has 3 aromatic carbocycles. The Hall–Kier alpha value is -3.47. The van der Waals surface area contributed by atoms with Crippen LogP contribution in [0.25, 0.3) is 21.7 Å². The summed E-state index contributed by atoms with van der Waals surface area (Å²) in [4.78, 5) is 14.3. The maximum atomic E-state index is 10.3. The van der Waals surface area contributed by atoms with Crippen molar-refractivity contribution in [3.63, 3.8) is 0 Å². The van der Waals surface area contributed by atoms with Gasteiger partial charge in [0.25, 0.3) is 0 Å². The third kappa shape index (κ3) is 3.01. The number of benzene rings is 3. The first-order valence-corrected chi connectivity index (χ1v) is 7.27. The van der Waals surface area contributed by atoms with Crippen LogP contribution < -0.4 is 0 Å². The molecule has 1 heterocycles. The van der Waals surface area contributed by atoms with Crippen LogP contribution in [0.5, 0.6) is 11.5 Å². The van der Waals surface area contributed by atoms with E-state index in [9.17, 15) is 15.1 Å². The molecule has 118 valence electrons. The van der Waals surface area contributed by atoms with E-state index in [0.717, 1.165) is 10.8 Å². The van der Waals surface area contributed by atoms with Gasteiger partial charge in [-0.2, -0.15) is 0 Å². The smallest absolute Gasteiger partial charge is 0.152 e. The summed E-state index contributed by atoms with van der Waals surface area (Å²) in [6, 6.07) is 19.7. The Bertz CT molecular complexity index is 1010. The molecule has 0 unspecified atom stereocenters. The molecule has 0 saturated heterocycles. The van der Waals surface area contributed by atoms with Crippen LogP contribution in [0.15, 0.2) is 78.1 Å². The van der Waals surface area contributed by atoms with Crippen LogP contribution in [-0.2, 0) is 0 Å². The number of nitrogens with zero attached hydrogens (tertiary/aromatic N) is 2. The van der Waals surface area contributed by atoms with Crippen molar-refractivity contribution in [2.24, 2.45) is 5.18 Å². The number of para-hydroxylation sites is 1. The first-order chi connectivity index (χ1) is 11.7. The van der Waals surface area contributed by atoms with E-state index in [4.69, 9.17) is 0 Å². The molecular formula is C19H14N2O3. The Kier molecular flexibility index (Phi) is 4.34. The molecule has 0 bridgehead atoms. The van der Waals surface area contributed by atoms with Crippen molar-refractivity contribution in [2.45, 2.75) is 0 Å². The highest BCUT2D eigenvalue weighted by Crippen LogP contribution is 2.33. The summed E-state index contributed by atoms with van der Waals surface area (Å²) in [5.41, 5.74) is 0.744. The minimum absolute atomic E-state index is 0.0481. The van der Waals surface area contributed by atoms with E-state index in [-0.39, 0.29) is 17.2 Å². The third-order valence-electron chi connectivity index (χ3n) is 3.59. The van der Waals surface area contributed by atoms with Crippen molar-refractivity contribution in [1.29, 1.82) is 0 Å². The van der Waals surface area contributed by atoms with E-state index in [1.807, 2.05) is 30.3 Å². The normalized spacial score (nSPS) is 10.2. The fraction of sp³-hybridized carbons (Fsp3) is 0. The monoisotopic (exact) mass is 318 g/mol. The van der Waals surface area contributed by atoms with Crippen LogP contribution in [0.3, 0.4) is 0 Å². The van der Waals surface area contributed by atoms with Gasteiger partial charge in [-0.25, -0.2) is 0 Å². The van der Waals surface area contributed by atoms with E-state index in [0.29, 0.717) is 10.9 Å². The Morgan fingerprint density at radius 2 is 1.54 bits per heavy atom. The standard InChI is InChI=1S/C10H7NO2.C9H7NO/c12-10-8-4-2-1-3-7(8)5-6-9(10)11-13;11-8-5-1-3-7-4-2-6-10-9(7)8/h1-6,12H;1-6,11H. The maximum Gasteiger partial charge on any atom is 0.152 e. The first kappa shape index (κ1) is 15.4. The van der Waals surface area contributed by atoms with Crippen LogP contribution in [0.1, 0.15) is 0 Å². The number of fused-ring (bicyclic) bond motifs is 2. The summed E-state index contributed by atoms with van der Waals surface area (Å²) < 4.78 is 0. The molecule has 2 N–H and O–H groups in total. The number of hydrogen-bond acceptors (Lipinski definition) is 5. The maximum absolute atomic E-state index is 10.3. The average Bonchev–Trinajstić information content (AvgIpc) is 2.63. The van der Waals surface area contributed by atoms with Gasteiger partial charge >= 0.3 is 0 Å². The zero-order chi connectivity index (χ0) is 16.9. The van der Waals surface area contributed by atoms with Gasteiger partial charge in [-0.15, -0.1) is 4.91 Å². The molecule has 0 atom stereocenters. The van der Waals surface area contributed by atoms with E-state index < -0.39 is 0 Å². The molecule has 0 aliphatic rings. The molecule has 0 fully saturated rings. The summed E-state index contributed by atoms with van der Waals surface area (Å²) in [7, 11) is 0. The number of rotatable bonds is 1. The van der Waals surface area contributed by atoms with Crippen LogP contribution in [0.4, 0.5) is 5.69 Å². The molecule has 0 spiro atoms. The van der Waals surface area contributed by atoms with Crippen molar-refractivity contribution < 1.29 is 10.2 Å². The molecule has 0 radical (unpaired) electrons. The van der Waals surface area contributed by atoms with Gasteiger partial charge < -0.3 is 10.2 Å². The Morgan fingerprint density at radius 3 is 2.33 bits per heavy atom. The van der Waals surface area contributed by atoms with Crippen LogP contribution in [0, 0.1) is 4.91 Å². The molecule has 0 aliphatic heterocycles. The number of phenols is 2. The number of hydrogen-bond donors (Lipinski definition) is 2. The van der Waals surface area contributed by atoms with E-state index in [2.05, 4.69) is 10.2 Å². The topological polar surface area (TPSA) is 82.8 Å². The third-order valence-corrected chi connectivity index (χ3v) is 3.59. The minimum atomic E-state index is -0.0481. The van der Waals surface area contributed by atoms with Crippen molar-refractivity contribution >= 4 is 27.4 Å². The van der Waals surface area contributed by atoms with Crippen LogP contribution in [-0.4, -0.2) is 15.2 Å². The van der Waals surface area contributed by atoms with Gasteiger partial charge in [0.1, 0.15) is 17.0 Å². The zero-order valence-corrected chi connectivity index (χ0v) is 12.6. The van der Waals surface area contributed by atoms with Gasteiger partial charge in [-0.05, 0) is 28.8 Å². The van der Waals surface area contributed by atoms with Crippen LogP contribution >= 0.6 is 0 Å². The van der Waals surface area contributed by atoms with E-state index >= 15 is 0 Å². The zero-order valence-electron chi connectivity index (χ0n) is 12.6. The van der Waals surface area contributed by atoms with Gasteiger partial charge in [0.15, 0.2) is 5.75 Å². The van der Waals surface area contributed by atoms with Crippen molar-refractivity contribution in [2.75, 3.05) is 0 Å². The minimum Gasteiger partial charge on any atom is -0.506 e. The average molecular weight is 318 g/mol. The summed E-state index contributed by atoms with van der Waals surface area (Å²) in [6.45, 7) is 0. The largest absolute Gasteiger partial charge is 0.506 e. The highest BCUT2D eigenvalue weighted by molar-refractivity contribution is 5.92. The molecule has 4 aromatic rings. The predicted octanol–water partition coefficient (Wildman–Crippen LogP) is 4.88. The molecule has 0 saturated carbocycles. The van der Waals surface area contributed by atoms with Gasteiger partial charge in [-0.1, -0.05) is 48.5 Å². The lowest BCUT2D eigenvalue weighted by Crippen LogP contribution is -1.76. The Balaban J connectivity index is 0.000000143. The molecular weight excluding hydrogens is 304 g/mol. The summed E-state index contributed by atoms with van der Waals surface area (Å²) >= 11 is 0. The lowest BCUT2D eigenvalue weighted by atomic mass is 10.1. The molecule has 0 amide bonds. The van der Waals surface area contributed by atoms with Crippen LogP contribution in [0.2, 0.25) is 0 Å². The highest BCUT2D eigenvalue weighted by Gasteiger charge is 2.04. The van der Waals surface area contributed by atoms with E-state index in [1.54, 1.807) is 36.5 Å². The van der Waals surface area contributed by atoms with Crippen molar-refractivity contribution in [3.8, 4) is 11.5 Å². The first-order valence-electron chi connectivity index (χ1n) is 7.27. The Morgan fingerprint density at radius 1 is 0.792 bits per heavy atom. The number of phenolic OH excluding ortho intramolecular Hbond substituents is 2. The molecule has 0 aliphatic carbocycles. The van der Waals surface area contributed by atoms with E-state index in [1.165, 1.54) is 6.07 Å². The van der Waals surface area contributed by atoms with Gasteiger partial charge in [0, 0.05) is 17.0 Å². The number of pyridine rings is 1. The molecule has 5 heteroatoms. The second-order valence-electron chi connectivity index (χ2n) is 5.10. The number of aromatic hydroxyl groups is 2. The highest BCUT2D eigenvalue weighted by atomic mass is 16.3. The molecule has 5 nitrogen and oxygen atoms in total. The molecule has 4 rings (SSSR count). The second kappa shape index (κ2) is 6.75. The van der Waals surface area contributed by atoms with Gasteiger partial charge in [0.05, 0.1) is 0 Å². The second-order valence-corrected chi connectivity index (χ2v) is 5.10. The fourth-order valence-electron chi connectivity index (χ4n) is 2.41. The molecule has 1 aromatic heterocycles. The SMILES string of the molecule is O=Nc1ccc2ccccc2c1O.Oc1cccc2cccnc12. The van der Waals surface area contributed by atoms with Gasteiger partial charge in [0.2, 0.25) is 0 Å². The lowest BCUT2D eigenvalue weighted by molar-refractivity contribution is 0.480. The number of nitroso groups, excluding NO2 is 1. The summed E-state index contributed by atoms with van der Waals surface area (Å²) in [5, 5.41) is 24.1. The molecule has 24 heavy (non-hydrogen) atoms. The predicted molar refractivity (Wildman–Crippen MR) is 94.5 cm³/mol. The van der Waals surface area contributed by atoms with Gasteiger partial charge in [-0.3, -0.25) is 4.98 Å². The summed E-state index contributed by atoms with van der Waals surface area (Å²) in [5.74, 6) is 0.191. The summed E-state index contributed by atoms with van der Waals surface area (Å²) in [6.07, 6.45) is 1.67. The quantitative estimate of drug-likeness (QED) is 0.490. The number of aromatic nitrogens is 1. The van der Waals surface area contributed by atoms with Crippen molar-refractivity contribution in [1.82, 2.24) is 4.98 Å². The van der Waals surface area contributed by atoms with Crippen molar-refractivity contribution in [3.05, 3.63) is 77.8 Å².